The number of aryl methyl sites for hydroxylation is 3. The van der Waals surface area contributed by atoms with Crippen LogP contribution in [-0.4, -0.2) is 40.6 Å². The molecule has 2 rings (SSSR count). The van der Waals surface area contributed by atoms with E-state index in [0.717, 1.165) is 22.9 Å². The van der Waals surface area contributed by atoms with E-state index >= 15 is 0 Å². The van der Waals surface area contributed by atoms with Gasteiger partial charge in [0.15, 0.2) is 11.9 Å². The van der Waals surface area contributed by atoms with Crippen LogP contribution in [0.25, 0.3) is 0 Å². The number of ether oxygens (including phenoxy) is 1. The summed E-state index contributed by atoms with van der Waals surface area (Å²) in [5.41, 5.74) is 2.69. The average Bonchev–Trinajstić information content (AvgIpc) is 3.01. The van der Waals surface area contributed by atoms with E-state index in [2.05, 4.69) is 15.8 Å². The van der Waals surface area contributed by atoms with Gasteiger partial charge in [-0.25, -0.2) is 0 Å². The highest BCUT2D eigenvalue weighted by Crippen LogP contribution is 2.16. The van der Waals surface area contributed by atoms with Crippen molar-refractivity contribution in [3.05, 3.63) is 41.2 Å². The summed E-state index contributed by atoms with van der Waals surface area (Å²) in [7, 11) is 0. The average molecular weight is 405 g/mol. The van der Waals surface area contributed by atoms with E-state index in [1.165, 1.54) is 6.92 Å². The highest BCUT2D eigenvalue weighted by Gasteiger charge is 2.19. The van der Waals surface area contributed by atoms with Gasteiger partial charge in [-0.3, -0.25) is 14.4 Å². The van der Waals surface area contributed by atoms with E-state index in [0.29, 0.717) is 17.3 Å². The minimum atomic E-state index is -0.944. The fraction of sp³-hybridized carbons (Fsp3) is 0.368. The van der Waals surface area contributed by atoms with Crippen LogP contribution < -0.4 is 10.6 Å². The summed E-state index contributed by atoms with van der Waals surface area (Å²) in [6.07, 6.45) is -0.944. The van der Waals surface area contributed by atoms with Crippen LogP contribution in [0.5, 0.6) is 0 Å². The molecule has 0 unspecified atom stereocenters. The fourth-order valence-corrected chi connectivity index (χ4v) is 2.90. The van der Waals surface area contributed by atoms with Crippen molar-refractivity contribution in [2.45, 2.75) is 33.8 Å². The van der Waals surface area contributed by atoms with Gasteiger partial charge in [0.2, 0.25) is 5.91 Å². The number of aromatic nitrogens is 1. The minimum Gasteiger partial charge on any atom is -0.452 e. The summed E-state index contributed by atoms with van der Waals surface area (Å²) in [5, 5.41) is 8.95. The van der Waals surface area contributed by atoms with Gasteiger partial charge in [-0.15, -0.1) is 11.8 Å². The monoisotopic (exact) mass is 405 g/mol. The zero-order valence-corrected chi connectivity index (χ0v) is 17.0. The molecule has 0 saturated carbocycles. The molecule has 1 aromatic carbocycles. The molecule has 0 radical (unpaired) electrons. The number of hydrogen-bond acceptors (Lipinski definition) is 7. The molecule has 0 aliphatic carbocycles. The van der Waals surface area contributed by atoms with E-state index in [9.17, 15) is 14.4 Å². The Morgan fingerprint density at radius 3 is 2.54 bits per heavy atom. The maximum Gasteiger partial charge on any atom is 0.316 e. The Morgan fingerprint density at radius 1 is 1.14 bits per heavy atom. The largest absolute Gasteiger partial charge is 0.452 e. The number of carbonyl (C=O) groups is 3. The Labute approximate surface area is 167 Å². The number of nitrogens with zero attached hydrogens (tertiary/aromatic N) is 1. The van der Waals surface area contributed by atoms with Crippen LogP contribution in [0.3, 0.4) is 0 Å². The Kier molecular flexibility index (Phi) is 7.62. The molecule has 150 valence electrons. The molecule has 1 heterocycles. The minimum absolute atomic E-state index is 0.0458. The number of nitrogens with one attached hydrogen (secondary N) is 2. The van der Waals surface area contributed by atoms with Gasteiger partial charge in [-0.2, -0.15) is 0 Å². The molecule has 28 heavy (non-hydrogen) atoms. The zero-order valence-electron chi connectivity index (χ0n) is 16.2. The van der Waals surface area contributed by atoms with Crippen LogP contribution in [0.1, 0.15) is 23.8 Å². The Morgan fingerprint density at radius 2 is 1.89 bits per heavy atom. The zero-order chi connectivity index (χ0) is 20.7. The number of amides is 2. The van der Waals surface area contributed by atoms with Crippen molar-refractivity contribution >= 4 is 41.1 Å². The molecular formula is C19H23N3O5S. The summed E-state index contributed by atoms with van der Waals surface area (Å²) in [4.78, 5) is 35.8. The topological polar surface area (TPSA) is 111 Å². The Hall–Kier alpha value is -2.81. The first-order valence-corrected chi connectivity index (χ1v) is 9.78. The lowest BCUT2D eigenvalue weighted by Gasteiger charge is -2.15. The Balaban J connectivity index is 1.71. The molecule has 0 aliphatic heterocycles. The molecule has 0 fully saturated rings. The van der Waals surface area contributed by atoms with E-state index in [4.69, 9.17) is 9.26 Å². The highest BCUT2D eigenvalue weighted by molar-refractivity contribution is 8.00. The molecule has 0 spiro atoms. The molecule has 0 bridgehead atoms. The van der Waals surface area contributed by atoms with Gasteiger partial charge in [-0.1, -0.05) is 22.9 Å². The van der Waals surface area contributed by atoms with E-state index in [1.807, 2.05) is 32.0 Å². The molecule has 8 nitrogen and oxygen atoms in total. The van der Waals surface area contributed by atoms with Crippen molar-refractivity contribution < 1.29 is 23.6 Å². The van der Waals surface area contributed by atoms with Gasteiger partial charge in [0.05, 0.1) is 11.5 Å². The molecule has 2 N–H and O–H groups in total. The second-order valence-corrected chi connectivity index (χ2v) is 7.29. The third-order valence-electron chi connectivity index (χ3n) is 3.67. The third kappa shape index (κ3) is 6.73. The van der Waals surface area contributed by atoms with Crippen LogP contribution in [0.15, 0.2) is 28.8 Å². The van der Waals surface area contributed by atoms with Gasteiger partial charge in [-0.05, 0) is 39.3 Å². The summed E-state index contributed by atoms with van der Waals surface area (Å²) < 4.78 is 9.97. The van der Waals surface area contributed by atoms with Gasteiger partial charge < -0.3 is 19.9 Å². The lowest BCUT2D eigenvalue weighted by Crippen LogP contribution is -2.31. The maximum atomic E-state index is 12.2. The second kappa shape index (κ2) is 9.93. The van der Waals surface area contributed by atoms with Crippen molar-refractivity contribution in [1.29, 1.82) is 0 Å². The first kappa shape index (κ1) is 21.5. The number of rotatable bonds is 8. The van der Waals surface area contributed by atoms with Crippen LogP contribution in [0.2, 0.25) is 0 Å². The van der Waals surface area contributed by atoms with Crippen molar-refractivity contribution in [3.63, 3.8) is 0 Å². The SMILES string of the molecule is Cc1ccc(NC(=O)[C@H](C)OC(=O)CSCC(=O)Nc2cc(C)on2)c(C)c1. The lowest BCUT2D eigenvalue weighted by molar-refractivity contribution is -0.150. The normalized spacial score (nSPS) is 11.6. The van der Waals surface area contributed by atoms with E-state index in [-0.39, 0.29) is 17.4 Å². The van der Waals surface area contributed by atoms with Crippen LogP contribution >= 0.6 is 11.8 Å². The molecule has 2 amide bonds. The predicted octanol–water partition coefficient (Wildman–Crippen LogP) is 2.84. The van der Waals surface area contributed by atoms with E-state index < -0.39 is 18.0 Å². The van der Waals surface area contributed by atoms with Crippen LogP contribution in [0.4, 0.5) is 11.5 Å². The third-order valence-corrected chi connectivity index (χ3v) is 4.57. The molecule has 1 aromatic heterocycles. The van der Waals surface area contributed by atoms with Crippen LogP contribution in [-0.2, 0) is 19.1 Å². The summed E-state index contributed by atoms with van der Waals surface area (Å²) in [5.74, 6) is -0.395. The first-order chi connectivity index (χ1) is 13.2. The van der Waals surface area contributed by atoms with Crippen molar-refractivity contribution in [2.75, 3.05) is 22.1 Å². The Bertz CT molecular complexity index is 865. The van der Waals surface area contributed by atoms with Crippen LogP contribution in [0, 0.1) is 20.8 Å². The number of thioether (sulfide) groups is 1. The highest BCUT2D eigenvalue weighted by atomic mass is 32.2. The first-order valence-electron chi connectivity index (χ1n) is 8.63. The lowest BCUT2D eigenvalue weighted by atomic mass is 10.1. The van der Waals surface area contributed by atoms with Gasteiger partial charge in [0.1, 0.15) is 5.76 Å². The summed E-state index contributed by atoms with van der Waals surface area (Å²) in [6.45, 7) is 7.07. The predicted molar refractivity (Wildman–Crippen MR) is 107 cm³/mol. The van der Waals surface area contributed by atoms with Gasteiger partial charge in [0.25, 0.3) is 5.91 Å². The molecule has 0 aliphatic rings. The number of carbonyl (C=O) groups excluding carboxylic acids is 3. The van der Waals surface area contributed by atoms with E-state index in [1.54, 1.807) is 13.0 Å². The maximum absolute atomic E-state index is 12.2. The smallest absolute Gasteiger partial charge is 0.316 e. The van der Waals surface area contributed by atoms with Gasteiger partial charge in [0, 0.05) is 11.8 Å². The molecular weight excluding hydrogens is 382 g/mol. The molecule has 1 atom stereocenters. The summed E-state index contributed by atoms with van der Waals surface area (Å²) in [6, 6.07) is 7.24. The number of anilines is 2. The quantitative estimate of drug-likeness (QED) is 0.650. The molecule has 0 saturated heterocycles. The van der Waals surface area contributed by atoms with Crippen molar-refractivity contribution in [1.82, 2.24) is 5.16 Å². The number of esters is 1. The van der Waals surface area contributed by atoms with Gasteiger partial charge >= 0.3 is 5.97 Å². The van der Waals surface area contributed by atoms with Crippen molar-refractivity contribution in [2.24, 2.45) is 0 Å². The van der Waals surface area contributed by atoms with Crippen molar-refractivity contribution in [3.8, 4) is 0 Å². The standard InChI is InChI=1S/C19H23N3O5S/c1-11-5-6-15(12(2)7-11)20-19(25)14(4)26-18(24)10-28-9-17(23)21-16-8-13(3)27-22-16/h5-8,14H,9-10H2,1-4H3,(H,20,25)(H,21,22,23)/t14-/m0/s1. The molecule has 9 heteroatoms. The number of benzene rings is 1. The number of hydrogen-bond donors (Lipinski definition) is 2. The second-order valence-electron chi connectivity index (χ2n) is 6.30. The molecule has 2 aromatic rings. The fourth-order valence-electron chi connectivity index (χ4n) is 2.30. The summed E-state index contributed by atoms with van der Waals surface area (Å²) >= 11 is 1.08.